The van der Waals surface area contributed by atoms with Crippen molar-refractivity contribution < 1.29 is 40.1 Å². The lowest BCUT2D eigenvalue weighted by Gasteiger charge is -2.06. The van der Waals surface area contributed by atoms with Gasteiger partial charge >= 0.3 is 10.4 Å². The monoisotopic (exact) mass is 294 g/mol. The van der Waals surface area contributed by atoms with Gasteiger partial charge in [0, 0.05) is 0 Å². The van der Waals surface area contributed by atoms with E-state index in [2.05, 4.69) is 11.5 Å². The Morgan fingerprint density at radius 2 is 1.29 bits per heavy atom. The topological polar surface area (TPSA) is 215 Å². The van der Waals surface area contributed by atoms with Gasteiger partial charge in [0.1, 0.15) is 0 Å². The van der Waals surface area contributed by atoms with E-state index in [0.717, 1.165) is 0 Å². The number of carbonyl (C=O) groups is 2. The number of nitrogens with two attached hydrogens (primary N) is 2. The van der Waals surface area contributed by atoms with Gasteiger partial charge in [-0.1, -0.05) is 0 Å². The molecule has 0 fully saturated rings. The minimum atomic E-state index is -4.67. The highest BCUT2D eigenvalue weighted by Crippen LogP contribution is 2.02. The van der Waals surface area contributed by atoms with Crippen molar-refractivity contribution in [1.29, 1.82) is 0 Å². The van der Waals surface area contributed by atoms with Crippen molar-refractivity contribution in [2.24, 2.45) is 11.5 Å². The summed E-state index contributed by atoms with van der Waals surface area (Å²) in [6.45, 7) is 0. The molecule has 0 aromatic heterocycles. The third-order valence-corrected chi connectivity index (χ3v) is 2.18. The fraction of sp³-hybridized carbons (Fsp3) is 0.500. The zero-order valence-electron chi connectivity index (χ0n) is 8.05. The van der Waals surface area contributed by atoms with Crippen molar-refractivity contribution in [3.05, 3.63) is 0 Å². The van der Waals surface area contributed by atoms with Crippen molar-refractivity contribution in [3.8, 4) is 0 Å². The second-order valence-electron chi connectivity index (χ2n) is 2.52. The maximum atomic E-state index is 10.4. The number of carbonyl (C=O) groups excluding carboxylic acids is 2. The molecule has 0 heterocycles. The molecule has 11 nitrogen and oxygen atoms in total. The van der Waals surface area contributed by atoms with Gasteiger partial charge in [-0.3, -0.25) is 23.2 Å². The molecule has 0 saturated carbocycles. The van der Waals surface area contributed by atoms with E-state index in [1.165, 1.54) is 0 Å². The summed E-state index contributed by atoms with van der Waals surface area (Å²) in [6.07, 6.45) is -0.811. The molecule has 0 aliphatic heterocycles. The van der Waals surface area contributed by atoms with Crippen molar-refractivity contribution in [2.75, 3.05) is 0 Å². The van der Waals surface area contributed by atoms with Crippen LogP contribution in [0.5, 0.6) is 0 Å². The molecule has 0 saturated heterocycles. The number of hydrogen-bond donors (Lipinski definition) is 5. The fourth-order valence-electron chi connectivity index (χ4n) is 0.535. The van der Waals surface area contributed by atoms with Crippen LogP contribution in [0.4, 0.5) is 0 Å². The molecule has 0 radical (unpaired) electrons. The minimum absolute atomic E-state index is 0.811. The molecular formula is C4H10N2O9S2. The summed E-state index contributed by atoms with van der Waals surface area (Å²) in [5, 5.41) is -1.95. The zero-order valence-corrected chi connectivity index (χ0v) is 9.68. The first-order valence-electron chi connectivity index (χ1n) is 3.49. The predicted molar refractivity (Wildman–Crippen MR) is 52.5 cm³/mol. The van der Waals surface area contributed by atoms with E-state index in [9.17, 15) is 18.0 Å². The third kappa shape index (κ3) is 14.7. The highest BCUT2D eigenvalue weighted by molar-refractivity contribution is 7.87. The first-order chi connectivity index (χ1) is 7.25. The molecule has 0 aliphatic carbocycles. The Balaban J connectivity index is 0. The standard InChI is InChI=1S/C4H8N2O5S.H2O4S/c5-3(7)1-2(4(6)8)12(9,10)11;1-5(2,3)4/h2H,1H2,(H2,5,7)(H2,6,8)(H,9,10,11);(H2,1,2,3,4). The van der Waals surface area contributed by atoms with Gasteiger partial charge in [-0.2, -0.15) is 16.8 Å². The van der Waals surface area contributed by atoms with Crippen LogP contribution in [0.1, 0.15) is 6.42 Å². The van der Waals surface area contributed by atoms with Gasteiger partial charge in [-0.15, -0.1) is 0 Å². The SMILES string of the molecule is NC(=O)CC(C(N)=O)S(=O)(=O)O.O=S(=O)(O)O. The highest BCUT2D eigenvalue weighted by Gasteiger charge is 2.30. The summed E-state index contributed by atoms with van der Waals surface area (Å²) < 4.78 is 60.7. The summed E-state index contributed by atoms with van der Waals surface area (Å²) in [5.41, 5.74) is 9.19. The Hall–Kier alpha value is -1.28. The maximum Gasteiger partial charge on any atom is 0.394 e. The van der Waals surface area contributed by atoms with Crippen LogP contribution >= 0.6 is 0 Å². The van der Waals surface area contributed by atoms with Crippen molar-refractivity contribution in [1.82, 2.24) is 0 Å². The van der Waals surface area contributed by atoms with Crippen LogP contribution in [0.25, 0.3) is 0 Å². The Bertz CT molecular complexity index is 469. The Labute approximate surface area is 96.1 Å². The molecule has 0 aromatic rings. The summed E-state index contributed by atoms with van der Waals surface area (Å²) in [6, 6.07) is 0. The predicted octanol–water partition coefficient (Wildman–Crippen LogP) is -3.05. The second-order valence-corrected chi connectivity index (χ2v) is 5.02. The first kappa shape index (κ1) is 18.1. The lowest BCUT2D eigenvalue weighted by atomic mass is 10.3. The molecule has 17 heavy (non-hydrogen) atoms. The van der Waals surface area contributed by atoms with Crippen LogP contribution in [-0.4, -0.2) is 47.6 Å². The summed E-state index contributed by atoms with van der Waals surface area (Å²) in [7, 11) is -9.30. The summed E-state index contributed by atoms with van der Waals surface area (Å²) in [5.74, 6) is -2.34. The van der Waals surface area contributed by atoms with Crippen LogP contribution in [0.15, 0.2) is 0 Å². The minimum Gasteiger partial charge on any atom is -0.370 e. The maximum absolute atomic E-state index is 10.4. The molecule has 1 atom stereocenters. The molecule has 102 valence electrons. The lowest BCUT2D eigenvalue weighted by Crippen LogP contribution is -2.38. The molecule has 7 N–H and O–H groups in total. The molecule has 0 rings (SSSR count). The number of rotatable bonds is 4. The average molecular weight is 294 g/mol. The number of hydrogen-bond acceptors (Lipinski definition) is 6. The van der Waals surface area contributed by atoms with E-state index in [0.29, 0.717) is 0 Å². The van der Waals surface area contributed by atoms with E-state index in [1.54, 1.807) is 0 Å². The van der Waals surface area contributed by atoms with E-state index in [-0.39, 0.29) is 0 Å². The van der Waals surface area contributed by atoms with E-state index in [1.807, 2.05) is 0 Å². The number of amides is 2. The van der Waals surface area contributed by atoms with Crippen molar-refractivity contribution in [3.63, 3.8) is 0 Å². The van der Waals surface area contributed by atoms with E-state index in [4.69, 9.17) is 22.1 Å². The Kier molecular flexibility index (Phi) is 6.87. The average Bonchev–Trinajstić information content (AvgIpc) is 1.93. The summed E-state index contributed by atoms with van der Waals surface area (Å²) >= 11 is 0. The Morgan fingerprint density at radius 1 is 1.00 bits per heavy atom. The lowest BCUT2D eigenvalue weighted by molar-refractivity contribution is -0.123. The largest absolute Gasteiger partial charge is 0.394 e. The van der Waals surface area contributed by atoms with Gasteiger partial charge in [0.2, 0.25) is 11.8 Å². The molecular weight excluding hydrogens is 284 g/mol. The molecule has 13 heteroatoms. The van der Waals surface area contributed by atoms with Gasteiger partial charge in [-0.25, -0.2) is 0 Å². The van der Waals surface area contributed by atoms with Crippen molar-refractivity contribution >= 4 is 32.3 Å². The highest BCUT2D eigenvalue weighted by atomic mass is 32.3. The fourth-order valence-corrected chi connectivity index (χ4v) is 1.20. The normalized spacial score (nSPS) is 13.1. The first-order valence-corrected chi connectivity index (χ1v) is 6.39. The molecule has 1 unspecified atom stereocenters. The smallest absolute Gasteiger partial charge is 0.370 e. The number of primary amides is 2. The Morgan fingerprint density at radius 3 is 1.35 bits per heavy atom. The van der Waals surface area contributed by atoms with Crippen LogP contribution in [0.3, 0.4) is 0 Å². The van der Waals surface area contributed by atoms with Gasteiger partial charge < -0.3 is 11.5 Å². The third-order valence-electron chi connectivity index (χ3n) is 1.06. The molecule has 2 amide bonds. The quantitative estimate of drug-likeness (QED) is 0.332. The molecule has 0 aromatic carbocycles. The molecule has 0 spiro atoms. The van der Waals surface area contributed by atoms with Gasteiger partial charge in [0.05, 0.1) is 6.42 Å². The van der Waals surface area contributed by atoms with Crippen LogP contribution < -0.4 is 11.5 Å². The van der Waals surface area contributed by atoms with Gasteiger partial charge in [0.15, 0.2) is 5.25 Å². The van der Waals surface area contributed by atoms with Crippen molar-refractivity contribution in [2.45, 2.75) is 11.7 Å². The van der Waals surface area contributed by atoms with Crippen LogP contribution in [0.2, 0.25) is 0 Å². The van der Waals surface area contributed by atoms with Gasteiger partial charge in [0.25, 0.3) is 10.1 Å². The second kappa shape index (κ2) is 6.45. The zero-order chi connectivity index (χ0) is 14.4. The van der Waals surface area contributed by atoms with E-state index < -0.39 is 44.0 Å². The van der Waals surface area contributed by atoms with Gasteiger partial charge in [-0.05, 0) is 0 Å². The van der Waals surface area contributed by atoms with Crippen LogP contribution in [0, 0.1) is 0 Å². The van der Waals surface area contributed by atoms with E-state index >= 15 is 0 Å². The summed E-state index contributed by atoms with van der Waals surface area (Å²) in [4.78, 5) is 20.6. The molecule has 0 aliphatic rings. The molecule has 0 bridgehead atoms. The van der Waals surface area contributed by atoms with Crippen LogP contribution in [-0.2, 0) is 30.1 Å².